The number of rotatable bonds is 5. The van der Waals surface area contributed by atoms with Crippen molar-refractivity contribution in [2.24, 2.45) is 5.92 Å². The zero-order valence-electron chi connectivity index (χ0n) is 11.5. The van der Waals surface area contributed by atoms with Gasteiger partial charge in [-0.3, -0.25) is 0 Å². The summed E-state index contributed by atoms with van der Waals surface area (Å²) >= 11 is 0. The normalized spacial score (nSPS) is 27.0. The van der Waals surface area contributed by atoms with Gasteiger partial charge in [-0.15, -0.1) is 0 Å². The Labute approximate surface area is 97.0 Å². The minimum Gasteiger partial charge on any atom is -0.311 e. The molecule has 1 nitrogen and oxygen atoms in total. The second-order valence-electron chi connectivity index (χ2n) is 4.72. The van der Waals surface area contributed by atoms with Crippen LogP contribution in [0.4, 0.5) is 0 Å². The Balaban J connectivity index is 0.000000921. The van der Waals surface area contributed by atoms with Crippen LogP contribution in [0, 0.1) is 5.92 Å². The van der Waals surface area contributed by atoms with Crippen molar-refractivity contribution >= 4 is 0 Å². The lowest BCUT2D eigenvalue weighted by Gasteiger charge is -2.29. The first-order chi connectivity index (χ1) is 7.22. The van der Waals surface area contributed by atoms with Gasteiger partial charge in [0.15, 0.2) is 0 Å². The molecule has 1 N–H and O–H groups in total. The van der Waals surface area contributed by atoms with Crippen molar-refractivity contribution in [1.29, 1.82) is 0 Å². The van der Waals surface area contributed by atoms with Crippen molar-refractivity contribution in [3.05, 3.63) is 0 Å². The minimum atomic E-state index is 0.517. The van der Waals surface area contributed by atoms with Gasteiger partial charge in [0.05, 0.1) is 0 Å². The van der Waals surface area contributed by atoms with Crippen LogP contribution in [-0.2, 0) is 0 Å². The van der Waals surface area contributed by atoms with Crippen LogP contribution in [0.3, 0.4) is 0 Å². The maximum absolute atomic E-state index is 3.70. The third-order valence-corrected chi connectivity index (χ3v) is 3.82. The smallest absolute Gasteiger partial charge is 0.0179 e. The van der Waals surface area contributed by atoms with E-state index in [0.717, 1.165) is 5.92 Å². The lowest BCUT2D eigenvalue weighted by Crippen LogP contribution is -2.39. The highest BCUT2D eigenvalue weighted by Gasteiger charge is 2.30. The first-order valence-corrected chi connectivity index (χ1v) is 6.97. The maximum Gasteiger partial charge on any atom is 0.0179 e. The Bertz CT molecular complexity index is 136. The minimum absolute atomic E-state index is 0.517. The van der Waals surface area contributed by atoms with Crippen LogP contribution in [0.25, 0.3) is 0 Å². The SMILES string of the molecule is CC.CCC(C)CCC1(CC)CCCN1. The third-order valence-electron chi connectivity index (χ3n) is 3.82. The summed E-state index contributed by atoms with van der Waals surface area (Å²) in [5.41, 5.74) is 0.517. The van der Waals surface area contributed by atoms with Gasteiger partial charge in [0, 0.05) is 5.54 Å². The number of nitrogens with one attached hydrogen (secondary N) is 1. The molecule has 1 aliphatic rings. The van der Waals surface area contributed by atoms with E-state index in [9.17, 15) is 0 Å². The predicted molar refractivity (Wildman–Crippen MR) is 70.3 cm³/mol. The van der Waals surface area contributed by atoms with E-state index in [1.165, 1.54) is 45.1 Å². The lowest BCUT2D eigenvalue weighted by atomic mass is 9.85. The van der Waals surface area contributed by atoms with Gasteiger partial charge in [0.1, 0.15) is 0 Å². The molecular weight excluding hydrogens is 182 g/mol. The van der Waals surface area contributed by atoms with Gasteiger partial charge in [0.2, 0.25) is 0 Å². The average Bonchev–Trinajstić information content (AvgIpc) is 2.78. The Kier molecular flexibility index (Phi) is 8.13. The van der Waals surface area contributed by atoms with Crippen LogP contribution >= 0.6 is 0 Å². The molecule has 2 atom stereocenters. The Morgan fingerprint density at radius 3 is 2.33 bits per heavy atom. The molecule has 0 bridgehead atoms. The van der Waals surface area contributed by atoms with Crippen LogP contribution in [-0.4, -0.2) is 12.1 Å². The van der Waals surface area contributed by atoms with Crippen LogP contribution < -0.4 is 5.32 Å². The van der Waals surface area contributed by atoms with Gasteiger partial charge in [0.25, 0.3) is 0 Å². The number of hydrogen-bond acceptors (Lipinski definition) is 1. The fourth-order valence-electron chi connectivity index (χ4n) is 2.29. The van der Waals surface area contributed by atoms with Crippen molar-refractivity contribution in [2.45, 2.75) is 78.7 Å². The topological polar surface area (TPSA) is 12.0 Å². The van der Waals surface area contributed by atoms with E-state index in [1.54, 1.807) is 0 Å². The van der Waals surface area contributed by atoms with Gasteiger partial charge >= 0.3 is 0 Å². The summed E-state index contributed by atoms with van der Waals surface area (Å²) in [6, 6.07) is 0. The monoisotopic (exact) mass is 213 g/mol. The summed E-state index contributed by atoms with van der Waals surface area (Å²) in [6.07, 6.45) is 8.22. The molecule has 1 heterocycles. The van der Waals surface area contributed by atoms with E-state index in [1.807, 2.05) is 13.8 Å². The summed E-state index contributed by atoms with van der Waals surface area (Å²) < 4.78 is 0. The van der Waals surface area contributed by atoms with E-state index in [4.69, 9.17) is 0 Å². The van der Waals surface area contributed by atoms with Gasteiger partial charge in [-0.25, -0.2) is 0 Å². The van der Waals surface area contributed by atoms with Crippen molar-refractivity contribution < 1.29 is 0 Å². The first-order valence-electron chi connectivity index (χ1n) is 6.97. The van der Waals surface area contributed by atoms with Crippen molar-refractivity contribution in [3.63, 3.8) is 0 Å². The van der Waals surface area contributed by atoms with Gasteiger partial charge in [-0.05, 0) is 44.6 Å². The molecular formula is C14H31N. The molecule has 0 aromatic rings. The summed E-state index contributed by atoms with van der Waals surface area (Å²) in [7, 11) is 0. The molecule has 15 heavy (non-hydrogen) atoms. The number of hydrogen-bond donors (Lipinski definition) is 1. The molecule has 0 aliphatic carbocycles. The molecule has 0 amide bonds. The molecule has 1 aliphatic heterocycles. The van der Waals surface area contributed by atoms with E-state index in [0.29, 0.717) is 5.54 Å². The molecule has 0 aromatic carbocycles. The van der Waals surface area contributed by atoms with Gasteiger partial charge in [-0.2, -0.15) is 0 Å². The van der Waals surface area contributed by atoms with Crippen molar-refractivity contribution in [1.82, 2.24) is 5.32 Å². The van der Waals surface area contributed by atoms with Crippen LogP contribution in [0.5, 0.6) is 0 Å². The zero-order chi connectivity index (χ0) is 11.7. The summed E-state index contributed by atoms with van der Waals surface area (Å²) in [6.45, 7) is 12.2. The van der Waals surface area contributed by atoms with Crippen LogP contribution in [0.2, 0.25) is 0 Å². The standard InChI is InChI=1S/C12H25N.C2H6/c1-4-11(3)7-9-12(5-2)8-6-10-13-12;1-2/h11,13H,4-10H2,1-3H3;1-2H3. The zero-order valence-corrected chi connectivity index (χ0v) is 11.5. The molecule has 1 heteroatoms. The van der Waals surface area contributed by atoms with Crippen molar-refractivity contribution in [2.75, 3.05) is 6.54 Å². The first kappa shape index (κ1) is 15.0. The second-order valence-corrected chi connectivity index (χ2v) is 4.72. The maximum atomic E-state index is 3.70. The van der Waals surface area contributed by atoms with E-state index < -0.39 is 0 Å². The summed E-state index contributed by atoms with van der Waals surface area (Å²) in [5.74, 6) is 0.908. The van der Waals surface area contributed by atoms with Crippen LogP contribution in [0.1, 0.15) is 73.1 Å². The second kappa shape index (κ2) is 8.15. The Morgan fingerprint density at radius 2 is 1.93 bits per heavy atom. The highest BCUT2D eigenvalue weighted by atomic mass is 15.0. The van der Waals surface area contributed by atoms with E-state index >= 15 is 0 Å². The lowest BCUT2D eigenvalue weighted by molar-refractivity contribution is 0.301. The largest absolute Gasteiger partial charge is 0.311 e. The fraction of sp³-hybridized carbons (Fsp3) is 1.00. The molecule has 92 valence electrons. The van der Waals surface area contributed by atoms with Crippen LogP contribution in [0.15, 0.2) is 0 Å². The van der Waals surface area contributed by atoms with Crippen molar-refractivity contribution in [3.8, 4) is 0 Å². The summed E-state index contributed by atoms with van der Waals surface area (Å²) in [4.78, 5) is 0. The molecule has 0 spiro atoms. The highest BCUT2D eigenvalue weighted by Crippen LogP contribution is 2.29. The Morgan fingerprint density at radius 1 is 1.27 bits per heavy atom. The molecule has 0 aromatic heterocycles. The third kappa shape index (κ3) is 5.01. The molecule has 2 unspecified atom stereocenters. The van der Waals surface area contributed by atoms with Gasteiger partial charge in [-0.1, -0.05) is 41.0 Å². The van der Waals surface area contributed by atoms with Gasteiger partial charge < -0.3 is 5.32 Å². The Hall–Kier alpha value is -0.0400. The van der Waals surface area contributed by atoms with E-state index in [-0.39, 0.29) is 0 Å². The molecule has 1 fully saturated rings. The molecule has 1 rings (SSSR count). The molecule has 1 saturated heterocycles. The molecule has 0 saturated carbocycles. The predicted octanol–water partition coefficient (Wildman–Crippen LogP) is 4.37. The highest BCUT2D eigenvalue weighted by molar-refractivity contribution is 4.91. The molecule has 0 radical (unpaired) electrons. The average molecular weight is 213 g/mol. The summed E-state index contributed by atoms with van der Waals surface area (Å²) in [5, 5.41) is 3.70. The fourth-order valence-corrected chi connectivity index (χ4v) is 2.29. The van der Waals surface area contributed by atoms with E-state index in [2.05, 4.69) is 26.1 Å². The quantitative estimate of drug-likeness (QED) is 0.715.